The smallest absolute Gasteiger partial charge is 0.235 e. The standard InChI is InChI=1S/C19H22N4O2/c20-17(21)13-4-1-3-12(9-13)10-19(18(22)25)7-2-5-15(16(19)24)14-6-8-23-11-14/h1-5,7,9,14,23H,6,8,10-11H2,(H3,20,21)(H2,22,25)/t14-,19?/m1/s1. The van der Waals surface area contributed by atoms with E-state index in [4.69, 9.17) is 16.9 Å². The highest BCUT2D eigenvalue weighted by atomic mass is 16.2. The molecule has 1 aliphatic carbocycles. The minimum absolute atomic E-state index is 0.0573. The van der Waals surface area contributed by atoms with Crippen molar-refractivity contribution in [2.75, 3.05) is 13.1 Å². The van der Waals surface area contributed by atoms with Gasteiger partial charge in [0.05, 0.1) is 0 Å². The summed E-state index contributed by atoms with van der Waals surface area (Å²) in [4.78, 5) is 25.5. The number of allylic oxidation sites excluding steroid dienone is 2. The summed E-state index contributed by atoms with van der Waals surface area (Å²) in [5, 5.41) is 10.8. The third-order valence-electron chi connectivity index (χ3n) is 4.98. The molecule has 6 N–H and O–H groups in total. The Bertz CT molecular complexity index is 790. The van der Waals surface area contributed by atoms with Gasteiger partial charge in [-0.3, -0.25) is 15.0 Å². The van der Waals surface area contributed by atoms with Gasteiger partial charge in [-0.05, 0) is 31.0 Å². The van der Waals surface area contributed by atoms with Crippen LogP contribution in [-0.2, 0) is 16.0 Å². The van der Waals surface area contributed by atoms with Gasteiger partial charge in [-0.1, -0.05) is 36.4 Å². The average molecular weight is 338 g/mol. The average Bonchev–Trinajstić information content (AvgIpc) is 3.11. The molecule has 0 radical (unpaired) electrons. The molecule has 130 valence electrons. The number of nitrogen functional groups attached to an aromatic ring is 1. The number of amides is 1. The normalized spacial score (nSPS) is 25.7. The zero-order valence-corrected chi connectivity index (χ0v) is 13.9. The molecule has 0 aromatic heterocycles. The molecule has 0 saturated carbocycles. The lowest BCUT2D eigenvalue weighted by Gasteiger charge is -2.31. The van der Waals surface area contributed by atoms with E-state index < -0.39 is 11.3 Å². The van der Waals surface area contributed by atoms with Crippen LogP contribution in [0.1, 0.15) is 17.5 Å². The highest BCUT2D eigenvalue weighted by molar-refractivity contribution is 6.16. The fraction of sp³-hybridized carbons (Fsp3) is 0.316. The summed E-state index contributed by atoms with van der Waals surface area (Å²) in [6.07, 6.45) is 6.20. The molecule has 1 fully saturated rings. The summed E-state index contributed by atoms with van der Waals surface area (Å²) >= 11 is 0. The number of hydrogen-bond acceptors (Lipinski definition) is 4. The molecule has 6 heteroatoms. The molecule has 6 nitrogen and oxygen atoms in total. The van der Waals surface area contributed by atoms with Gasteiger partial charge in [0, 0.05) is 23.6 Å². The number of carbonyl (C=O) groups excluding carboxylic acids is 2. The molecule has 2 atom stereocenters. The van der Waals surface area contributed by atoms with Gasteiger partial charge >= 0.3 is 0 Å². The predicted octanol–water partition coefficient (Wildman–Crippen LogP) is 0.660. The SMILES string of the molecule is N=C(N)c1cccc(CC2(C(N)=O)C=CC=C([C@@H]3CCNC3)C2=O)c1. The van der Waals surface area contributed by atoms with E-state index in [-0.39, 0.29) is 24.0 Å². The first-order valence-corrected chi connectivity index (χ1v) is 8.32. The van der Waals surface area contributed by atoms with Crippen LogP contribution in [0, 0.1) is 16.7 Å². The van der Waals surface area contributed by atoms with E-state index in [2.05, 4.69) is 5.32 Å². The number of nitrogens with one attached hydrogen (secondary N) is 2. The molecule has 1 saturated heterocycles. The molecule has 25 heavy (non-hydrogen) atoms. The molecule has 0 spiro atoms. The maximum atomic E-state index is 13.2. The van der Waals surface area contributed by atoms with Crippen molar-refractivity contribution in [2.45, 2.75) is 12.8 Å². The van der Waals surface area contributed by atoms with Crippen molar-refractivity contribution >= 4 is 17.5 Å². The Balaban J connectivity index is 1.95. The molecule has 3 rings (SSSR count). The number of primary amides is 1. The highest BCUT2D eigenvalue weighted by Crippen LogP contribution is 2.36. The first-order valence-electron chi connectivity index (χ1n) is 8.32. The summed E-state index contributed by atoms with van der Waals surface area (Å²) in [7, 11) is 0. The Kier molecular flexibility index (Phi) is 4.55. The Labute approximate surface area is 146 Å². The van der Waals surface area contributed by atoms with Crippen LogP contribution in [0.4, 0.5) is 0 Å². The molecule has 1 aromatic rings. The first-order chi connectivity index (χ1) is 11.9. The van der Waals surface area contributed by atoms with Crippen LogP contribution < -0.4 is 16.8 Å². The number of benzene rings is 1. The van der Waals surface area contributed by atoms with Gasteiger partial charge in [0.1, 0.15) is 11.3 Å². The van der Waals surface area contributed by atoms with Crippen molar-refractivity contribution in [3.8, 4) is 0 Å². The number of rotatable bonds is 5. The van der Waals surface area contributed by atoms with Crippen molar-refractivity contribution < 1.29 is 9.59 Å². The maximum Gasteiger partial charge on any atom is 0.235 e. The van der Waals surface area contributed by atoms with Crippen molar-refractivity contribution in [2.24, 2.45) is 22.8 Å². The summed E-state index contributed by atoms with van der Waals surface area (Å²) in [5.41, 5.74) is 11.8. The van der Waals surface area contributed by atoms with Crippen molar-refractivity contribution in [3.05, 3.63) is 59.2 Å². The first kappa shape index (κ1) is 17.1. The summed E-state index contributed by atoms with van der Waals surface area (Å²) in [6, 6.07) is 7.02. The van der Waals surface area contributed by atoms with Crippen LogP contribution in [0.5, 0.6) is 0 Å². The molecular formula is C19H22N4O2. The van der Waals surface area contributed by atoms with Gasteiger partial charge in [-0.25, -0.2) is 0 Å². The molecular weight excluding hydrogens is 316 g/mol. The second-order valence-electron chi connectivity index (χ2n) is 6.63. The summed E-state index contributed by atoms with van der Waals surface area (Å²) in [6.45, 7) is 1.60. The molecule has 0 bridgehead atoms. The predicted molar refractivity (Wildman–Crippen MR) is 96.0 cm³/mol. The fourth-order valence-corrected chi connectivity index (χ4v) is 3.56. The number of Topliss-reactive ketones (excluding diaryl/α,β-unsaturated/α-hetero) is 1. The fourth-order valence-electron chi connectivity index (χ4n) is 3.56. The summed E-state index contributed by atoms with van der Waals surface area (Å²) < 4.78 is 0. The van der Waals surface area contributed by atoms with Crippen molar-refractivity contribution in [1.82, 2.24) is 5.32 Å². The van der Waals surface area contributed by atoms with E-state index >= 15 is 0 Å². The number of amidine groups is 1. The van der Waals surface area contributed by atoms with Gasteiger partial charge in [0.2, 0.25) is 5.91 Å². The lowest BCUT2D eigenvalue weighted by molar-refractivity contribution is -0.135. The molecule has 1 aromatic carbocycles. The third-order valence-corrected chi connectivity index (χ3v) is 4.98. The lowest BCUT2D eigenvalue weighted by atomic mass is 9.69. The van der Waals surface area contributed by atoms with Gasteiger partial charge < -0.3 is 16.8 Å². The largest absolute Gasteiger partial charge is 0.384 e. The van der Waals surface area contributed by atoms with Gasteiger partial charge in [0.25, 0.3) is 0 Å². The number of nitrogens with two attached hydrogens (primary N) is 2. The minimum atomic E-state index is -1.39. The van der Waals surface area contributed by atoms with Gasteiger partial charge in [0.15, 0.2) is 5.78 Å². The monoisotopic (exact) mass is 338 g/mol. The topological polar surface area (TPSA) is 122 Å². The second-order valence-corrected chi connectivity index (χ2v) is 6.63. The van der Waals surface area contributed by atoms with Crippen LogP contribution >= 0.6 is 0 Å². The Morgan fingerprint density at radius 3 is 2.80 bits per heavy atom. The molecule has 1 amide bonds. The highest BCUT2D eigenvalue weighted by Gasteiger charge is 2.46. The van der Waals surface area contributed by atoms with E-state index in [1.165, 1.54) is 0 Å². The number of carbonyl (C=O) groups is 2. The van der Waals surface area contributed by atoms with E-state index in [9.17, 15) is 9.59 Å². The van der Waals surface area contributed by atoms with Gasteiger partial charge in [-0.2, -0.15) is 0 Å². The molecule has 1 aliphatic heterocycles. The Hall–Kier alpha value is -2.73. The summed E-state index contributed by atoms with van der Waals surface area (Å²) in [5.74, 6) is -0.819. The van der Waals surface area contributed by atoms with E-state index in [0.29, 0.717) is 11.1 Å². The second kappa shape index (κ2) is 6.64. The van der Waals surface area contributed by atoms with Crippen molar-refractivity contribution in [3.63, 3.8) is 0 Å². The van der Waals surface area contributed by atoms with E-state index in [0.717, 1.165) is 25.1 Å². The van der Waals surface area contributed by atoms with Crippen LogP contribution in [0.2, 0.25) is 0 Å². The molecule has 1 heterocycles. The van der Waals surface area contributed by atoms with Gasteiger partial charge in [-0.15, -0.1) is 0 Å². The Morgan fingerprint density at radius 1 is 1.36 bits per heavy atom. The number of hydrogen-bond donors (Lipinski definition) is 4. The quantitative estimate of drug-likeness (QED) is 0.358. The van der Waals surface area contributed by atoms with E-state index in [1.807, 2.05) is 6.07 Å². The van der Waals surface area contributed by atoms with Crippen molar-refractivity contribution in [1.29, 1.82) is 5.41 Å². The van der Waals surface area contributed by atoms with Crippen LogP contribution in [0.25, 0.3) is 0 Å². The van der Waals surface area contributed by atoms with Crippen LogP contribution in [0.3, 0.4) is 0 Å². The maximum absolute atomic E-state index is 13.2. The van der Waals surface area contributed by atoms with E-state index in [1.54, 1.807) is 36.4 Å². The molecule has 2 aliphatic rings. The van der Waals surface area contributed by atoms with Crippen LogP contribution in [-0.4, -0.2) is 30.6 Å². The minimum Gasteiger partial charge on any atom is -0.384 e. The zero-order chi connectivity index (χ0) is 18.0. The Morgan fingerprint density at radius 2 is 2.16 bits per heavy atom. The number of ketones is 1. The third kappa shape index (κ3) is 3.13. The van der Waals surface area contributed by atoms with Crippen LogP contribution in [0.15, 0.2) is 48.1 Å². The zero-order valence-electron chi connectivity index (χ0n) is 13.9. The lowest BCUT2D eigenvalue weighted by Crippen LogP contribution is -2.47. The molecule has 1 unspecified atom stereocenters.